The van der Waals surface area contributed by atoms with E-state index in [9.17, 15) is 13.2 Å². The fourth-order valence-corrected chi connectivity index (χ4v) is 5.91. The van der Waals surface area contributed by atoms with Crippen molar-refractivity contribution in [2.45, 2.75) is 18.0 Å². The summed E-state index contributed by atoms with van der Waals surface area (Å²) in [6.07, 6.45) is -0.919. The van der Waals surface area contributed by atoms with Gasteiger partial charge >= 0.3 is 0 Å². The van der Waals surface area contributed by atoms with Crippen LogP contribution in [0.1, 0.15) is 27.7 Å². The molecule has 0 radical (unpaired) electrons. The summed E-state index contributed by atoms with van der Waals surface area (Å²) in [7, 11) is -2.45. The van der Waals surface area contributed by atoms with Gasteiger partial charge in [0, 0.05) is 5.56 Å². The third-order valence-electron chi connectivity index (χ3n) is 6.08. The van der Waals surface area contributed by atoms with E-state index in [0.29, 0.717) is 28.3 Å². The Bertz CT molecular complexity index is 1470. The average Bonchev–Trinajstić information content (AvgIpc) is 3.25. The molecule has 7 heteroatoms. The number of anilines is 2. The minimum atomic E-state index is -4.02. The molecule has 0 aliphatic carbocycles. The number of para-hydroxylation sites is 2. The molecule has 4 aromatic carbocycles. The molecule has 176 valence electrons. The van der Waals surface area contributed by atoms with Gasteiger partial charge in [0.25, 0.3) is 15.9 Å². The van der Waals surface area contributed by atoms with Crippen molar-refractivity contribution >= 4 is 27.3 Å². The van der Waals surface area contributed by atoms with Gasteiger partial charge in [0.15, 0.2) is 6.17 Å². The zero-order valence-corrected chi connectivity index (χ0v) is 20.1. The Hall–Kier alpha value is -4.10. The molecule has 4 aromatic rings. The zero-order chi connectivity index (χ0) is 24.6. The lowest BCUT2D eigenvalue weighted by molar-refractivity contribution is 0.0980. The van der Waals surface area contributed by atoms with Crippen molar-refractivity contribution < 1.29 is 17.9 Å². The highest BCUT2D eigenvalue weighted by atomic mass is 32.2. The second kappa shape index (κ2) is 8.92. The van der Waals surface area contributed by atoms with Gasteiger partial charge in [-0.2, -0.15) is 0 Å². The summed E-state index contributed by atoms with van der Waals surface area (Å²) < 4.78 is 34.8. The molecule has 0 spiro atoms. The van der Waals surface area contributed by atoms with Crippen molar-refractivity contribution in [2.75, 3.05) is 16.3 Å². The number of carbonyl (C=O) groups is 1. The average molecular weight is 485 g/mol. The topological polar surface area (TPSA) is 66.9 Å². The Balaban J connectivity index is 1.74. The molecule has 35 heavy (non-hydrogen) atoms. The number of fused-ring (bicyclic) bond motifs is 1. The molecule has 0 aromatic heterocycles. The van der Waals surface area contributed by atoms with Gasteiger partial charge in [0.2, 0.25) is 0 Å². The van der Waals surface area contributed by atoms with Gasteiger partial charge in [-0.3, -0.25) is 9.69 Å². The third kappa shape index (κ3) is 3.94. The molecular formula is C28H24N2O4S. The maximum absolute atomic E-state index is 14.1. The highest BCUT2D eigenvalue weighted by Gasteiger charge is 2.46. The van der Waals surface area contributed by atoms with Crippen molar-refractivity contribution in [1.29, 1.82) is 0 Å². The van der Waals surface area contributed by atoms with Crippen molar-refractivity contribution in [2.24, 2.45) is 0 Å². The van der Waals surface area contributed by atoms with Crippen LogP contribution in [0.4, 0.5) is 11.4 Å². The number of hydrogen-bond acceptors (Lipinski definition) is 4. The molecule has 1 aliphatic heterocycles. The molecule has 1 atom stereocenters. The molecule has 0 fully saturated rings. The minimum Gasteiger partial charge on any atom is -0.497 e. The molecule has 6 nitrogen and oxygen atoms in total. The van der Waals surface area contributed by atoms with Gasteiger partial charge in [-0.25, -0.2) is 12.7 Å². The summed E-state index contributed by atoms with van der Waals surface area (Å²) in [6.45, 7) is 1.90. The summed E-state index contributed by atoms with van der Waals surface area (Å²) in [6, 6.07) is 29.8. The molecule has 0 N–H and O–H groups in total. The monoisotopic (exact) mass is 484 g/mol. The number of aryl methyl sites for hydroxylation is 1. The zero-order valence-electron chi connectivity index (χ0n) is 19.3. The number of sulfonamides is 1. The van der Waals surface area contributed by atoms with Crippen LogP contribution in [-0.4, -0.2) is 21.4 Å². The number of carbonyl (C=O) groups excluding carboxylic acids is 1. The number of ether oxygens (including phenoxy) is 1. The normalized spacial score (nSPS) is 15.1. The van der Waals surface area contributed by atoms with Crippen LogP contribution in [0.5, 0.6) is 5.75 Å². The Kier molecular flexibility index (Phi) is 5.78. The van der Waals surface area contributed by atoms with Gasteiger partial charge < -0.3 is 4.74 Å². The van der Waals surface area contributed by atoms with Crippen molar-refractivity contribution in [3.8, 4) is 5.75 Å². The first-order valence-corrected chi connectivity index (χ1v) is 12.6. The van der Waals surface area contributed by atoms with E-state index in [-0.39, 0.29) is 10.8 Å². The smallest absolute Gasteiger partial charge is 0.266 e. The summed E-state index contributed by atoms with van der Waals surface area (Å²) in [5, 5.41) is 0. The van der Waals surface area contributed by atoms with Crippen LogP contribution in [-0.2, 0) is 10.0 Å². The standard InChI is InChI=1S/C28H24N2O4S/c1-20-12-18-24(19-13-20)35(32,33)30-26-11-7-6-10-25(26)29(28(31)22-8-4-3-5-9-22)27(30)21-14-16-23(34-2)17-15-21/h3-19,27H,1-2H3. The van der Waals surface area contributed by atoms with Crippen LogP contribution < -0.4 is 13.9 Å². The Morgan fingerprint density at radius 3 is 2.00 bits per heavy atom. The predicted octanol–water partition coefficient (Wildman–Crippen LogP) is 5.56. The molecule has 0 bridgehead atoms. The first-order chi connectivity index (χ1) is 16.9. The fourth-order valence-electron chi connectivity index (χ4n) is 4.31. The summed E-state index contributed by atoms with van der Waals surface area (Å²) in [5.41, 5.74) is 3.03. The summed E-state index contributed by atoms with van der Waals surface area (Å²) in [4.78, 5) is 15.6. The van der Waals surface area contributed by atoms with Crippen LogP contribution in [0.2, 0.25) is 0 Å². The molecular weight excluding hydrogens is 460 g/mol. The largest absolute Gasteiger partial charge is 0.497 e. The van der Waals surface area contributed by atoms with E-state index in [2.05, 4.69) is 0 Å². The second-order valence-electron chi connectivity index (χ2n) is 8.29. The lowest BCUT2D eigenvalue weighted by Gasteiger charge is -2.31. The van der Waals surface area contributed by atoms with Crippen LogP contribution in [0.25, 0.3) is 0 Å². The number of rotatable bonds is 5. The van der Waals surface area contributed by atoms with Gasteiger partial charge in [0.05, 0.1) is 23.4 Å². The van der Waals surface area contributed by atoms with Crippen LogP contribution in [0, 0.1) is 6.92 Å². The number of nitrogens with zero attached hydrogens (tertiary/aromatic N) is 2. The summed E-state index contributed by atoms with van der Waals surface area (Å²) in [5.74, 6) is 0.346. The molecule has 1 heterocycles. The number of methoxy groups -OCH3 is 1. The van der Waals surface area contributed by atoms with Gasteiger partial charge in [0.1, 0.15) is 5.75 Å². The Morgan fingerprint density at radius 2 is 1.37 bits per heavy atom. The second-order valence-corrected chi connectivity index (χ2v) is 10.1. The third-order valence-corrected chi connectivity index (χ3v) is 7.86. The van der Waals surface area contributed by atoms with Crippen LogP contribution in [0.15, 0.2) is 108 Å². The van der Waals surface area contributed by atoms with Gasteiger partial charge in [-0.1, -0.05) is 60.2 Å². The fraction of sp³-hybridized carbons (Fsp3) is 0.107. The van der Waals surface area contributed by atoms with E-state index in [1.165, 1.54) is 4.31 Å². The molecule has 1 aliphatic rings. The molecule has 5 rings (SSSR count). The van der Waals surface area contributed by atoms with Crippen molar-refractivity contribution in [3.05, 3.63) is 120 Å². The van der Waals surface area contributed by atoms with E-state index >= 15 is 0 Å². The van der Waals surface area contributed by atoms with E-state index < -0.39 is 16.2 Å². The number of hydrogen-bond donors (Lipinski definition) is 0. The number of amides is 1. The van der Waals surface area contributed by atoms with E-state index in [1.54, 1.807) is 109 Å². The number of benzene rings is 4. The Morgan fingerprint density at radius 1 is 0.771 bits per heavy atom. The first kappa shape index (κ1) is 22.7. The molecule has 0 saturated carbocycles. The van der Waals surface area contributed by atoms with Crippen LogP contribution in [0.3, 0.4) is 0 Å². The van der Waals surface area contributed by atoms with Crippen molar-refractivity contribution in [3.63, 3.8) is 0 Å². The first-order valence-electron chi connectivity index (χ1n) is 11.1. The minimum absolute atomic E-state index is 0.158. The van der Waals surface area contributed by atoms with E-state index in [0.717, 1.165) is 5.56 Å². The quantitative estimate of drug-likeness (QED) is 0.372. The summed E-state index contributed by atoms with van der Waals surface area (Å²) >= 11 is 0. The Labute approximate surface area is 205 Å². The SMILES string of the molecule is COc1ccc(C2N(C(=O)c3ccccc3)c3ccccc3N2S(=O)(=O)c2ccc(C)cc2)cc1. The van der Waals surface area contributed by atoms with Crippen LogP contribution >= 0.6 is 0 Å². The van der Waals surface area contributed by atoms with E-state index in [4.69, 9.17) is 4.74 Å². The lowest BCUT2D eigenvalue weighted by atomic mass is 10.1. The highest BCUT2D eigenvalue weighted by molar-refractivity contribution is 7.92. The van der Waals surface area contributed by atoms with Crippen molar-refractivity contribution in [1.82, 2.24) is 0 Å². The maximum Gasteiger partial charge on any atom is 0.266 e. The van der Waals surface area contributed by atoms with E-state index in [1.807, 2.05) is 13.0 Å². The van der Waals surface area contributed by atoms with Gasteiger partial charge in [-0.05, 0) is 61.0 Å². The highest BCUT2D eigenvalue weighted by Crippen LogP contribution is 2.49. The predicted molar refractivity (Wildman–Crippen MR) is 136 cm³/mol. The molecule has 1 amide bonds. The molecule has 1 unspecified atom stereocenters. The van der Waals surface area contributed by atoms with Gasteiger partial charge in [-0.15, -0.1) is 0 Å². The lowest BCUT2D eigenvalue weighted by Crippen LogP contribution is -2.42. The maximum atomic E-state index is 14.1. The molecule has 0 saturated heterocycles.